The van der Waals surface area contributed by atoms with Crippen molar-refractivity contribution < 1.29 is 19.4 Å². The Morgan fingerprint density at radius 2 is 2.15 bits per heavy atom. The first-order valence-electron chi connectivity index (χ1n) is 6.40. The Hall–Kier alpha value is -2.08. The van der Waals surface area contributed by atoms with Gasteiger partial charge in [0.25, 0.3) is 0 Å². The molecule has 1 fully saturated rings. The quantitative estimate of drug-likeness (QED) is 0.789. The molecule has 1 saturated heterocycles. The predicted octanol–water partition coefficient (Wildman–Crippen LogP) is 1.99. The predicted molar refractivity (Wildman–Crippen MR) is 74.1 cm³/mol. The Bertz CT molecular complexity index is 536. The molecule has 20 heavy (non-hydrogen) atoms. The molecule has 1 heterocycles. The van der Waals surface area contributed by atoms with Crippen molar-refractivity contribution in [1.82, 2.24) is 5.32 Å². The topological polar surface area (TPSA) is 87.7 Å². The maximum absolute atomic E-state index is 11.9. The Morgan fingerprint density at radius 3 is 2.70 bits per heavy atom. The zero-order valence-electron chi connectivity index (χ0n) is 11.5. The Morgan fingerprint density at radius 1 is 1.40 bits per heavy atom. The smallest absolute Gasteiger partial charge is 0.335 e. The number of amides is 2. The van der Waals surface area contributed by atoms with Crippen LogP contribution < -0.4 is 10.6 Å². The van der Waals surface area contributed by atoms with Crippen LogP contribution >= 0.6 is 0 Å². The van der Waals surface area contributed by atoms with Gasteiger partial charge in [0.05, 0.1) is 17.7 Å². The van der Waals surface area contributed by atoms with E-state index in [0.717, 1.165) is 6.42 Å². The van der Waals surface area contributed by atoms with Gasteiger partial charge in [0.15, 0.2) is 0 Å². The molecule has 1 aliphatic heterocycles. The first-order chi connectivity index (χ1) is 9.39. The van der Waals surface area contributed by atoms with Crippen LogP contribution in [0.3, 0.4) is 0 Å². The number of hydrogen-bond acceptors (Lipinski definition) is 3. The normalized spacial score (nSPS) is 21.5. The molecule has 1 unspecified atom stereocenters. The molecule has 3 N–H and O–H groups in total. The molecule has 0 saturated carbocycles. The number of carboxylic acid groups (broad SMARTS) is 1. The number of aromatic carboxylic acids is 1. The number of urea groups is 1. The molecular formula is C14H18N2O4. The van der Waals surface area contributed by atoms with Crippen molar-refractivity contribution in [2.24, 2.45) is 0 Å². The van der Waals surface area contributed by atoms with Gasteiger partial charge in [-0.25, -0.2) is 9.59 Å². The zero-order chi connectivity index (χ0) is 14.8. The lowest BCUT2D eigenvalue weighted by atomic mass is 10.0. The van der Waals surface area contributed by atoms with Crippen LogP contribution in [0.15, 0.2) is 18.2 Å². The third kappa shape index (κ3) is 3.27. The van der Waals surface area contributed by atoms with Crippen molar-refractivity contribution in [3.63, 3.8) is 0 Å². The van der Waals surface area contributed by atoms with Crippen molar-refractivity contribution in [3.05, 3.63) is 29.3 Å². The summed E-state index contributed by atoms with van der Waals surface area (Å²) in [6.07, 6.45) is 0.775. The van der Waals surface area contributed by atoms with E-state index in [4.69, 9.17) is 9.84 Å². The average molecular weight is 278 g/mol. The maximum atomic E-state index is 11.9. The highest BCUT2D eigenvalue weighted by atomic mass is 16.5. The SMILES string of the molecule is Cc1cc(NC(=O)NC2(C)CCOC2)ccc1C(=O)O. The van der Waals surface area contributed by atoms with Crippen LogP contribution in [0.4, 0.5) is 10.5 Å². The highest BCUT2D eigenvalue weighted by Crippen LogP contribution is 2.19. The summed E-state index contributed by atoms with van der Waals surface area (Å²) >= 11 is 0. The van der Waals surface area contributed by atoms with E-state index in [9.17, 15) is 9.59 Å². The van der Waals surface area contributed by atoms with Gasteiger partial charge in [0, 0.05) is 12.3 Å². The summed E-state index contributed by atoms with van der Waals surface area (Å²) < 4.78 is 5.26. The first kappa shape index (κ1) is 14.3. The molecule has 108 valence electrons. The second-order valence-electron chi connectivity index (χ2n) is 5.28. The molecule has 0 aromatic heterocycles. The van der Waals surface area contributed by atoms with E-state index in [0.29, 0.717) is 24.5 Å². The van der Waals surface area contributed by atoms with Gasteiger partial charge in [-0.15, -0.1) is 0 Å². The lowest BCUT2D eigenvalue weighted by Gasteiger charge is -2.23. The molecular weight excluding hydrogens is 260 g/mol. The lowest BCUT2D eigenvalue weighted by Crippen LogP contribution is -2.48. The first-order valence-corrected chi connectivity index (χ1v) is 6.40. The molecule has 1 atom stereocenters. The summed E-state index contributed by atoms with van der Waals surface area (Å²) in [5.74, 6) is -0.978. The Labute approximate surface area is 117 Å². The number of hydrogen-bond donors (Lipinski definition) is 3. The van der Waals surface area contributed by atoms with Crippen molar-refractivity contribution in [3.8, 4) is 0 Å². The van der Waals surface area contributed by atoms with E-state index in [-0.39, 0.29) is 17.1 Å². The van der Waals surface area contributed by atoms with E-state index in [2.05, 4.69) is 10.6 Å². The number of ether oxygens (including phenoxy) is 1. The molecule has 2 rings (SSSR count). The summed E-state index contributed by atoms with van der Waals surface area (Å²) in [6.45, 7) is 4.76. The molecule has 1 aromatic rings. The van der Waals surface area contributed by atoms with Gasteiger partial charge in [0.2, 0.25) is 0 Å². The molecule has 6 nitrogen and oxygen atoms in total. The number of rotatable bonds is 3. The van der Waals surface area contributed by atoms with Crippen LogP contribution in [0.5, 0.6) is 0 Å². The summed E-state index contributed by atoms with van der Waals surface area (Å²) in [5.41, 5.74) is 1.05. The monoisotopic (exact) mass is 278 g/mol. The number of carbonyl (C=O) groups excluding carboxylic acids is 1. The van der Waals surface area contributed by atoms with Gasteiger partial charge in [-0.05, 0) is 44.0 Å². The van der Waals surface area contributed by atoms with E-state index in [1.165, 1.54) is 6.07 Å². The molecule has 0 spiro atoms. The van der Waals surface area contributed by atoms with Gasteiger partial charge in [-0.2, -0.15) is 0 Å². The molecule has 0 bridgehead atoms. The summed E-state index contributed by atoms with van der Waals surface area (Å²) in [5, 5.41) is 14.5. The lowest BCUT2D eigenvalue weighted by molar-refractivity contribution is 0.0696. The Kier molecular flexibility index (Phi) is 3.94. The van der Waals surface area contributed by atoms with E-state index >= 15 is 0 Å². The van der Waals surface area contributed by atoms with Crippen LogP contribution in [-0.2, 0) is 4.74 Å². The standard InChI is InChI=1S/C14H18N2O4/c1-9-7-10(3-4-11(9)12(17)18)15-13(19)16-14(2)5-6-20-8-14/h3-4,7H,5-6,8H2,1-2H3,(H,17,18)(H2,15,16,19). The molecule has 1 aromatic carbocycles. The van der Waals surface area contributed by atoms with Gasteiger partial charge < -0.3 is 20.5 Å². The minimum atomic E-state index is -0.978. The fraction of sp³-hybridized carbons (Fsp3) is 0.429. The van der Waals surface area contributed by atoms with Crippen LogP contribution in [0, 0.1) is 6.92 Å². The van der Waals surface area contributed by atoms with Gasteiger partial charge in [-0.3, -0.25) is 0 Å². The van der Waals surface area contributed by atoms with Gasteiger partial charge >= 0.3 is 12.0 Å². The third-order valence-corrected chi connectivity index (χ3v) is 3.35. The molecule has 2 amide bonds. The molecule has 0 radical (unpaired) electrons. The highest BCUT2D eigenvalue weighted by Gasteiger charge is 2.31. The maximum Gasteiger partial charge on any atom is 0.335 e. The highest BCUT2D eigenvalue weighted by molar-refractivity contribution is 5.93. The number of nitrogens with one attached hydrogen (secondary N) is 2. The van der Waals surface area contributed by atoms with Crippen LogP contribution in [0.1, 0.15) is 29.3 Å². The molecule has 6 heteroatoms. The molecule has 1 aliphatic rings. The summed E-state index contributed by atoms with van der Waals surface area (Å²) in [7, 11) is 0. The van der Waals surface area contributed by atoms with Crippen molar-refractivity contribution in [1.29, 1.82) is 0 Å². The van der Waals surface area contributed by atoms with Crippen molar-refractivity contribution in [2.45, 2.75) is 25.8 Å². The number of benzene rings is 1. The second kappa shape index (κ2) is 5.50. The van der Waals surface area contributed by atoms with E-state index < -0.39 is 5.97 Å². The van der Waals surface area contributed by atoms with Gasteiger partial charge in [0.1, 0.15) is 0 Å². The molecule has 0 aliphatic carbocycles. The fourth-order valence-corrected chi connectivity index (χ4v) is 2.18. The van der Waals surface area contributed by atoms with Crippen molar-refractivity contribution in [2.75, 3.05) is 18.5 Å². The minimum absolute atomic E-state index is 0.229. The summed E-state index contributed by atoms with van der Waals surface area (Å²) in [4.78, 5) is 22.8. The Balaban J connectivity index is 2.01. The zero-order valence-corrected chi connectivity index (χ0v) is 11.5. The largest absolute Gasteiger partial charge is 0.478 e. The van der Waals surface area contributed by atoms with Crippen LogP contribution in [-0.4, -0.2) is 35.9 Å². The minimum Gasteiger partial charge on any atom is -0.478 e. The van der Waals surface area contributed by atoms with E-state index in [1.54, 1.807) is 19.1 Å². The van der Waals surface area contributed by atoms with Gasteiger partial charge in [-0.1, -0.05) is 0 Å². The fourth-order valence-electron chi connectivity index (χ4n) is 2.18. The van der Waals surface area contributed by atoms with E-state index in [1.807, 2.05) is 6.92 Å². The number of anilines is 1. The van der Waals surface area contributed by atoms with Crippen molar-refractivity contribution >= 4 is 17.7 Å². The number of aryl methyl sites for hydroxylation is 1. The number of carboxylic acids is 1. The summed E-state index contributed by atoms with van der Waals surface area (Å²) in [6, 6.07) is 4.37. The van der Waals surface area contributed by atoms with Crippen LogP contribution in [0.25, 0.3) is 0 Å². The second-order valence-corrected chi connectivity index (χ2v) is 5.28. The average Bonchev–Trinajstić information content (AvgIpc) is 2.74. The van der Waals surface area contributed by atoms with Crippen LogP contribution in [0.2, 0.25) is 0 Å². The third-order valence-electron chi connectivity index (χ3n) is 3.35. The number of carbonyl (C=O) groups is 2.